The van der Waals surface area contributed by atoms with E-state index in [9.17, 15) is 14.7 Å². The van der Waals surface area contributed by atoms with E-state index in [1.165, 1.54) is 6.07 Å². The number of aryl methyl sites for hydroxylation is 1. The molecular weight excluding hydrogens is 296 g/mol. The molecule has 2 rings (SSSR count). The fraction of sp³-hybridized carbons (Fsp3) is 0.333. The first-order valence-electron chi connectivity index (χ1n) is 7.52. The summed E-state index contributed by atoms with van der Waals surface area (Å²) in [4.78, 5) is 24.6. The Morgan fingerprint density at radius 1 is 1.30 bits per heavy atom. The van der Waals surface area contributed by atoms with Crippen molar-refractivity contribution in [1.82, 2.24) is 0 Å². The topological polar surface area (TPSA) is 76.7 Å². The van der Waals surface area contributed by atoms with Gasteiger partial charge in [0.05, 0.1) is 18.1 Å². The van der Waals surface area contributed by atoms with Gasteiger partial charge in [0.25, 0.3) is 0 Å². The summed E-state index contributed by atoms with van der Waals surface area (Å²) in [7, 11) is 0. The second-order valence-electron chi connectivity index (χ2n) is 5.30. The zero-order valence-electron chi connectivity index (χ0n) is 13.2. The number of benzene rings is 1. The third-order valence-corrected chi connectivity index (χ3v) is 3.55. The van der Waals surface area contributed by atoms with Gasteiger partial charge in [-0.2, -0.15) is 0 Å². The highest BCUT2D eigenvalue weighted by atomic mass is 16.5. The number of hydrogen-bond donors (Lipinski definition) is 1. The van der Waals surface area contributed by atoms with Crippen molar-refractivity contribution >= 4 is 5.78 Å². The summed E-state index contributed by atoms with van der Waals surface area (Å²) >= 11 is 0. The van der Waals surface area contributed by atoms with Crippen molar-refractivity contribution in [3.8, 4) is 5.75 Å². The first-order chi connectivity index (χ1) is 11.0. The van der Waals surface area contributed by atoms with Crippen molar-refractivity contribution in [1.29, 1.82) is 0 Å². The molecule has 0 radical (unpaired) electrons. The molecule has 0 fully saturated rings. The molecule has 1 atom stereocenters. The molecule has 5 nitrogen and oxygen atoms in total. The van der Waals surface area contributed by atoms with Gasteiger partial charge in [0.15, 0.2) is 5.78 Å². The average Bonchev–Trinajstić information content (AvgIpc) is 2.53. The molecule has 122 valence electrons. The molecule has 23 heavy (non-hydrogen) atoms. The van der Waals surface area contributed by atoms with Crippen molar-refractivity contribution in [2.75, 3.05) is 13.2 Å². The number of hydrogen-bond acceptors (Lipinski definition) is 5. The molecule has 0 spiro atoms. The molecule has 0 saturated carbocycles. The number of rotatable bonds is 7. The molecule has 0 amide bonds. The van der Waals surface area contributed by atoms with Gasteiger partial charge in [-0.05, 0) is 20.3 Å². The van der Waals surface area contributed by atoms with E-state index in [1.807, 2.05) is 13.0 Å². The molecule has 1 heterocycles. The van der Waals surface area contributed by atoms with Crippen molar-refractivity contribution in [3.05, 3.63) is 63.7 Å². The van der Waals surface area contributed by atoms with Crippen molar-refractivity contribution in [2.24, 2.45) is 5.92 Å². The number of ether oxygens (including phenoxy) is 1. The molecule has 2 aromatic rings. The van der Waals surface area contributed by atoms with E-state index < -0.39 is 11.5 Å². The Kier molecular flexibility index (Phi) is 5.71. The number of carbonyl (C=O) groups is 1. The Morgan fingerprint density at radius 2 is 2.00 bits per heavy atom. The Hall–Kier alpha value is -2.40. The summed E-state index contributed by atoms with van der Waals surface area (Å²) in [6.07, 6.45) is 0.0716. The standard InChI is InChI=1S/C18H20O5/c1-3-22-11-14(17(20)13-7-5-4-6-8-13)10-15-16(19)9-12(2)23-18(15)21/h4-9,14,19H,3,10-11H2,1-2H3. The zero-order valence-corrected chi connectivity index (χ0v) is 13.2. The number of ketones is 1. The minimum atomic E-state index is -0.620. The first-order valence-corrected chi connectivity index (χ1v) is 7.52. The van der Waals surface area contributed by atoms with Gasteiger partial charge in [-0.25, -0.2) is 4.79 Å². The van der Waals surface area contributed by atoms with Gasteiger partial charge in [0.2, 0.25) is 0 Å². The van der Waals surface area contributed by atoms with Gasteiger partial charge in [0.1, 0.15) is 11.5 Å². The van der Waals surface area contributed by atoms with Crippen LogP contribution in [0.1, 0.15) is 28.6 Å². The van der Waals surface area contributed by atoms with E-state index in [-0.39, 0.29) is 30.1 Å². The lowest BCUT2D eigenvalue weighted by atomic mass is 9.92. The lowest BCUT2D eigenvalue weighted by Gasteiger charge is -2.16. The summed E-state index contributed by atoms with van der Waals surface area (Å²) in [5.74, 6) is -0.514. The fourth-order valence-electron chi connectivity index (χ4n) is 2.38. The number of aromatic hydroxyl groups is 1. The van der Waals surface area contributed by atoms with Crippen LogP contribution >= 0.6 is 0 Å². The molecule has 0 saturated heterocycles. The van der Waals surface area contributed by atoms with Crippen LogP contribution in [0.15, 0.2) is 45.6 Å². The van der Waals surface area contributed by atoms with Gasteiger partial charge in [0, 0.05) is 18.2 Å². The molecule has 1 unspecified atom stereocenters. The van der Waals surface area contributed by atoms with E-state index in [0.29, 0.717) is 17.9 Å². The maximum atomic E-state index is 12.7. The van der Waals surface area contributed by atoms with Crippen LogP contribution in [0, 0.1) is 12.8 Å². The monoisotopic (exact) mass is 316 g/mol. The highest BCUT2D eigenvalue weighted by molar-refractivity contribution is 5.98. The van der Waals surface area contributed by atoms with Gasteiger partial charge < -0.3 is 14.3 Å². The van der Waals surface area contributed by atoms with E-state index in [2.05, 4.69) is 0 Å². The minimum absolute atomic E-state index is 0.0716. The van der Waals surface area contributed by atoms with Crippen LogP contribution in [-0.2, 0) is 11.2 Å². The van der Waals surface area contributed by atoms with E-state index in [1.54, 1.807) is 31.2 Å². The summed E-state index contributed by atoms with van der Waals surface area (Å²) < 4.78 is 10.4. The van der Waals surface area contributed by atoms with Gasteiger partial charge in [-0.1, -0.05) is 30.3 Å². The predicted molar refractivity (Wildman–Crippen MR) is 85.8 cm³/mol. The second kappa shape index (κ2) is 7.74. The van der Waals surface area contributed by atoms with Crippen molar-refractivity contribution in [2.45, 2.75) is 20.3 Å². The average molecular weight is 316 g/mol. The lowest BCUT2D eigenvalue weighted by Crippen LogP contribution is -2.25. The molecule has 0 aliphatic rings. The smallest absolute Gasteiger partial charge is 0.342 e. The van der Waals surface area contributed by atoms with Crippen molar-refractivity contribution < 1.29 is 19.1 Å². The van der Waals surface area contributed by atoms with Crippen LogP contribution in [0.5, 0.6) is 5.75 Å². The summed E-state index contributed by atoms with van der Waals surface area (Å²) in [5, 5.41) is 9.99. The molecule has 5 heteroatoms. The van der Waals surface area contributed by atoms with E-state index in [4.69, 9.17) is 9.15 Å². The SMILES string of the molecule is CCOCC(Cc1c(O)cc(C)oc1=O)C(=O)c1ccccc1. The maximum absolute atomic E-state index is 12.7. The summed E-state index contributed by atoms with van der Waals surface area (Å²) in [6.45, 7) is 4.06. The second-order valence-corrected chi connectivity index (χ2v) is 5.30. The Labute approximate surface area is 134 Å². The van der Waals surface area contributed by atoms with Gasteiger partial charge in [-0.3, -0.25) is 4.79 Å². The number of carbonyl (C=O) groups excluding carboxylic acids is 1. The van der Waals surface area contributed by atoms with Crippen LogP contribution in [-0.4, -0.2) is 24.1 Å². The van der Waals surface area contributed by atoms with E-state index >= 15 is 0 Å². The molecule has 0 aliphatic carbocycles. The van der Waals surface area contributed by atoms with Gasteiger partial charge in [-0.15, -0.1) is 0 Å². The molecule has 1 N–H and O–H groups in total. The maximum Gasteiger partial charge on any atom is 0.342 e. The van der Waals surface area contributed by atoms with E-state index in [0.717, 1.165) is 0 Å². The Balaban J connectivity index is 2.29. The fourth-order valence-corrected chi connectivity index (χ4v) is 2.38. The van der Waals surface area contributed by atoms with Crippen molar-refractivity contribution in [3.63, 3.8) is 0 Å². The molecule has 1 aromatic carbocycles. The highest BCUT2D eigenvalue weighted by Crippen LogP contribution is 2.21. The quantitative estimate of drug-likeness (QED) is 0.795. The van der Waals surface area contributed by atoms with Crippen LogP contribution in [0.4, 0.5) is 0 Å². The molecular formula is C18H20O5. The largest absolute Gasteiger partial charge is 0.507 e. The van der Waals surface area contributed by atoms with Crippen LogP contribution < -0.4 is 5.63 Å². The zero-order chi connectivity index (χ0) is 16.8. The summed E-state index contributed by atoms with van der Waals surface area (Å²) in [5.41, 5.74) is 0.0302. The molecule has 0 aliphatic heterocycles. The third kappa shape index (κ3) is 4.29. The van der Waals surface area contributed by atoms with Crippen LogP contribution in [0.2, 0.25) is 0 Å². The third-order valence-electron chi connectivity index (χ3n) is 3.55. The Bertz CT molecular complexity index is 718. The normalized spacial score (nSPS) is 12.1. The first kappa shape index (κ1) is 17.0. The predicted octanol–water partition coefficient (Wildman–Crippen LogP) is 2.73. The lowest BCUT2D eigenvalue weighted by molar-refractivity contribution is 0.0731. The highest BCUT2D eigenvalue weighted by Gasteiger charge is 2.24. The van der Waals surface area contributed by atoms with Gasteiger partial charge >= 0.3 is 5.63 Å². The molecule has 1 aromatic heterocycles. The van der Waals surface area contributed by atoms with Crippen LogP contribution in [0.25, 0.3) is 0 Å². The molecule has 0 bridgehead atoms. The van der Waals surface area contributed by atoms with Crippen LogP contribution in [0.3, 0.4) is 0 Å². The minimum Gasteiger partial charge on any atom is -0.507 e. The Morgan fingerprint density at radius 3 is 2.61 bits per heavy atom. The summed E-state index contributed by atoms with van der Waals surface area (Å²) in [6, 6.07) is 10.2. The number of Topliss-reactive ketones (excluding diaryl/α,β-unsaturated/α-hetero) is 1.